The summed E-state index contributed by atoms with van der Waals surface area (Å²) in [6, 6.07) is 13.7. The molecule has 8 nitrogen and oxygen atoms in total. The Hall–Kier alpha value is -3.65. The predicted molar refractivity (Wildman–Crippen MR) is 126 cm³/mol. The molecule has 0 bridgehead atoms. The van der Waals surface area contributed by atoms with E-state index in [1.54, 1.807) is 18.2 Å². The van der Waals surface area contributed by atoms with Crippen molar-refractivity contribution in [2.24, 2.45) is 5.10 Å². The van der Waals surface area contributed by atoms with Gasteiger partial charge in [0, 0.05) is 18.4 Å². The van der Waals surface area contributed by atoms with Crippen molar-refractivity contribution in [2.45, 2.75) is 39.2 Å². The number of rotatable bonds is 4. The highest BCUT2D eigenvalue weighted by atomic mass is 35.5. The van der Waals surface area contributed by atoms with Crippen LogP contribution in [-0.2, 0) is 4.79 Å². The highest BCUT2D eigenvalue weighted by Crippen LogP contribution is 2.34. The third-order valence-corrected chi connectivity index (χ3v) is 5.90. The number of aromatic nitrogens is 2. The minimum absolute atomic E-state index is 0.165. The van der Waals surface area contributed by atoms with E-state index in [2.05, 4.69) is 23.9 Å². The lowest BCUT2D eigenvalue weighted by atomic mass is 9.96. The number of aromatic amines is 1. The number of aromatic hydroxyl groups is 1. The largest absolute Gasteiger partial charge is 0.493 e. The molecular formula is C24H23ClN4O4. The van der Waals surface area contributed by atoms with E-state index < -0.39 is 23.2 Å². The van der Waals surface area contributed by atoms with Crippen molar-refractivity contribution in [1.82, 2.24) is 14.6 Å². The quantitative estimate of drug-likeness (QED) is 0.611. The first-order chi connectivity index (χ1) is 15.7. The molecule has 1 amide bonds. The SMILES string of the molecule is CC(=O)N1N=C(c2c(O)n(-c3cccc(Cl)c3)c(=O)[nH]c2=O)CC1c1ccc(C(C)C)cc1. The van der Waals surface area contributed by atoms with Crippen LogP contribution in [0.4, 0.5) is 0 Å². The first-order valence-corrected chi connectivity index (χ1v) is 10.9. The molecular weight excluding hydrogens is 444 g/mol. The Morgan fingerprint density at radius 1 is 1.18 bits per heavy atom. The van der Waals surface area contributed by atoms with Crippen LogP contribution in [0.25, 0.3) is 5.69 Å². The van der Waals surface area contributed by atoms with Gasteiger partial charge in [0.1, 0.15) is 5.56 Å². The van der Waals surface area contributed by atoms with Gasteiger partial charge in [-0.05, 0) is 35.2 Å². The lowest BCUT2D eigenvalue weighted by Gasteiger charge is -2.21. The number of H-pyrrole nitrogens is 1. The number of nitrogens with zero attached hydrogens (tertiary/aromatic N) is 3. The van der Waals surface area contributed by atoms with Crippen LogP contribution in [0.2, 0.25) is 5.02 Å². The van der Waals surface area contributed by atoms with E-state index >= 15 is 0 Å². The summed E-state index contributed by atoms with van der Waals surface area (Å²) in [6.07, 6.45) is 0.199. The molecule has 0 saturated carbocycles. The second kappa shape index (κ2) is 8.71. The minimum Gasteiger partial charge on any atom is -0.493 e. The number of carbonyl (C=O) groups excluding carboxylic acids is 1. The maximum Gasteiger partial charge on any atom is 0.335 e. The van der Waals surface area contributed by atoms with Gasteiger partial charge in [0.25, 0.3) is 5.56 Å². The fraction of sp³-hybridized carbons (Fsp3) is 0.250. The summed E-state index contributed by atoms with van der Waals surface area (Å²) in [4.78, 5) is 39.7. The molecule has 0 radical (unpaired) electrons. The molecule has 0 fully saturated rings. The first kappa shape index (κ1) is 22.5. The van der Waals surface area contributed by atoms with Crippen molar-refractivity contribution in [3.63, 3.8) is 0 Å². The van der Waals surface area contributed by atoms with E-state index in [0.29, 0.717) is 10.9 Å². The van der Waals surface area contributed by atoms with E-state index in [0.717, 1.165) is 15.7 Å². The monoisotopic (exact) mass is 466 g/mol. The molecule has 2 aromatic carbocycles. The predicted octanol–water partition coefficient (Wildman–Crippen LogP) is 3.71. The third-order valence-electron chi connectivity index (χ3n) is 5.66. The molecule has 2 N–H and O–H groups in total. The Morgan fingerprint density at radius 2 is 1.88 bits per heavy atom. The van der Waals surface area contributed by atoms with Crippen LogP contribution in [0.5, 0.6) is 5.88 Å². The van der Waals surface area contributed by atoms with Gasteiger partial charge in [0.2, 0.25) is 11.8 Å². The summed E-state index contributed by atoms with van der Waals surface area (Å²) in [6.45, 7) is 5.58. The summed E-state index contributed by atoms with van der Waals surface area (Å²) >= 11 is 6.03. The molecule has 1 aliphatic heterocycles. The molecule has 1 unspecified atom stereocenters. The lowest BCUT2D eigenvalue weighted by molar-refractivity contribution is -0.130. The third kappa shape index (κ3) is 4.21. The Bertz CT molecular complexity index is 1370. The Morgan fingerprint density at radius 3 is 2.48 bits per heavy atom. The summed E-state index contributed by atoms with van der Waals surface area (Å²) < 4.78 is 0.952. The first-order valence-electron chi connectivity index (χ1n) is 10.5. The van der Waals surface area contributed by atoms with Crippen LogP contribution < -0.4 is 11.2 Å². The summed E-state index contributed by atoms with van der Waals surface area (Å²) in [5.74, 6) is -0.507. The number of carbonyl (C=O) groups is 1. The number of hydrogen-bond donors (Lipinski definition) is 2. The average Bonchev–Trinajstić information content (AvgIpc) is 3.19. The zero-order valence-corrected chi connectivity index (χ0v) is 19.1. The standard InChI is InChI=1S/C24H23ClN4O4/c1-13(2)15-7-9-16(10-8-15)20-12-19(27-29(20)14(3)30)21-22(31)26-24(33)28(23(21)32)18-6-4-5-17(25)11-18/h4-11,13,20,32H,12H2,1-3H3,(H,26,31,33). The molecule has 0 aliphatic carbocycles. The van der Waals surface area contributed by atoms with Gasteiger partial charge in [0.15, 0.2) is 0 Å². The molecule has 1 aromatic heterocycles. The molecule has 0 saturated heterocycles. The van der Waals surface area contributed by atoms with Gasteiger partial charge in [-0.2, -0.15) is 5.10 Å². The number of benzene rings is 2. The van der Waals surface area contributed by atoms with E-state index in [-0.39, 0.29) is 29.3 Å². The van der Waals surface area contributed by atoms with E-state index in [4.69, 9.17) is 11.6 Å². The summed E-state index contributed by atoms with van der Waals surface area (Å²) in [5, 5.41) is 17.0. The molecule has 3 aromatic rings. The van der Waals surface area contributed by atoms with Gasteiger partial charge in [-0.25, -0.2) is 14.4 Å². The minimum atomic E-state index is -0.814. The van der Waals surface area contributed by atoms with Crippen molar-refractivity contribution in [3.05, 3.63) is 91.1 Å². The number of hydrazone groups is 1. The second-order valence-corrected chi connectivity index (χ2v) is 8.66. The molecule has 170 valence electrons. The van der Waals surface area contributed by atoms with Gasteiger partial charge >= 0.3 is 5.69 Å². The zero-order chi connectivity index (χ0) is 23.9. The topological polar surface area (TPSA) is 108 Å². The van der Waals surface area contributed by atoms with Gasteiger partial charge in [-0.3, -0.25) is 14.6 Å². The van der Waals surface area contributed by atoms with Crippen LogP contribution >= 0.6 is 11.6 Å². The van der Waals surface area contributed by atoms with Gasteiger partial charge in [-0.15, -0.1) is 0 Å². The molecule has 1 atom stereocenters. The van der Waals surface area contributed by atoms with E-state index in [9.17, 15) is 19.5 Å². The molecule has 0 spiro atoms. The van der Waals surface area contributed by atoms with Crippen LogP contribution in [0.1, 0.15) is 55.8 Å². The highest BCUT2D eigenvalue weighted by molar-refractivity contribution is 6.30. The van der Waals surface area contributed by atoms with Crippen molar-refractivity contribution < 1.29 is 9.90 Å². The van der Waals surface area contributed by atoms with Crippen molar-refractivity contribution in [3.8, 4) is 11.6 Å². The number of nitrogens with one attached hydrogen (secondary N) is 1. The van der Waals surface area contributed by atoms with Crippen molar-refractivity contribution >= 4 is 23.2 Å². The summed E-state index contributed by atoms with van der Waals surface area (Å²) in [7, 11) is 0. The maximum atomic E-state index is 12.7. The fourth-order valence-electron chi connectivity index (χ4n) is 3.95. The molecule has 1 aliphatic rings. The zero-order valence-electron chi connectivity index (χ0n) is 18.4. The maximum absolute atomic E-state index is 12.7. The second-order valence-electron chi connectivity index (χ2n) is 8.22. The number of hydrogen-bond acceptors (Lipinski definition) is 5. The van der Waals surface area contributed by atoms with Gasteiger partial charge in [-0.1, -0.05) is 55.8 Å². The van der Waals surface area contributed by atoms with Crippen LogP contribution in [-0.4, -0.2) is 31.3 Å². The highest BCUT2D eigenvalue weighted by Gasteiger charge is 2.34. The molecule has 4 rings (SSSR count). The van der Waals surface area contributed by atoms with Crippen molar-refractivity contribution in [1.29, 1.82) is 0 Å². The van der Waals surface area contributed by atoms with Crippen LogP contribution in [0.15, 0.2) is 63.2 Å². The van der Waals surface area contributed by atoms with Crippen LogP contribution in [0.3, 0.4) is 0 Å². The average molecular weight is 467 g/mol. The molecule has 33 heavy (non-hydrogen) atoms. The fourth-order valence-corrected chi connectivity index (χ4v) is 4.14. The molecule has 9 heteroatoms. The smallest absolute Gasteiger partial charge is 0.335 e. The van der Waals surface area contributed by atoms with E-state index in [1.807, 2.05) is 24.3 Å². The van der Waals surface area contributed by atoms with Gasteiger partial charge in [0.05, 0.1) is 17.4 Å². The van der Waals surface area contributed by atoms with Crippen molar-refractivity contribution in [2.75, 3.05) is 0 Å². The Labute approximate surface area is 194 Å². The number of halogens is 1. The number of amides is 1. The van der Waals surface area contributed by atoms with Crippen LogP contribution in [0, 0.1) is 0 Å². The van der Waals surface area contributed by atoms with Gasteiger partial charge < -0.3 is 5.11 Å². The Balaban J connectivity index is 1.80. The lowest BCUT2D eigenvalue weighted by Crippen LogP contribution is -2.33. The van der Waals surface area contributed by atoms with E-state index in [1.165, 1.54) is 18.0 Å². The summed E-state index contributed by atoms with van der Waals surface area (Å²) in [5.41, 5.74) is 0.743. The normalized spacial score (nSPS) is 15.7. The Kier molecular flexibility index (Phi) is 5.95. The molecule has 2 heterocycles.